The van der Waals surface area contributed by atoms with Crippen molar-refractivity contribution >= 4 is 5.91 Å². The molecule has 4 heteroatoms. The maximum absolute atomic E-state index is 13.2. The first-order valence-electron chi connectivity index (χ1n) is 8.99. The number of aryl methyl sites for hydroxylation is 1. The van der Waals surface area contributed by atoms with E-state index < -0.39 is 0 Å². The predicted molar refractivity (Wildman–Crippen MR) is 108 cm³/mol. The van der Waals surface area contributed by atoms with Gasteiger partial charge in [0.1, 0.15) is 6.04 Å². The van der Waals surface area contributed by atoms with Crippen LogP contribution >= 0.6 is 0 Å². The molecule has 2 aromatic rings. The Bertz CT molecular complexity index is 740. The van der Waals surface area contributed by atoms with Gasteiger partial charge in [0.25, 0.3) is 0 Å². The standard InChI is InChI=1S/C22H31N3O/c1-17-10-7-8-13-20(17)21(24(4)5)22(26)25(6)16-19-12-9-11-18(14-19)15-23(2)3/h7-14,21H,15-16H2,1-6H3/t21-/m1/s1. The number of carbonyl (C=O) groups excluding carboxylic acids is 1. The number of likely N-dealkylation sites (N-methyl/N-ethyl adjacent to an activating group) is 2. The van der Waals surface area contributed by atoms with Crippen LogP contribution in [-0.4, -0.2) is 55.8 Å². The van der Waals surface area contributed by atoms with Crippen molar-refractivity contribution in [1.82, 2.24) is 14.7 Å². The third kappa shape index (κ3) is 5.16. The van der Waals surface area contributed by atoms with Gasteiger partial charge in [-0.1, -0.05) is 48.5 Å². The molecule has 0 radical (unpaired) electrons. The fraction of sp³-hybridized carbons (Fsp3) is 0.409. The van der Waals surface area contributed by atoms with Gasteiger partial charge in [-0.25, -0.2) is 0 Å². The fourth-order valence-electron chi connectivity index (χ4n) is 3.28. The van der Waals surface area contributed by atoms with Crippen LogP contribution in [0.1, 0.15) is 28.3 Å². The summed E-state index contributed by atoms with van der Waals surface area (Å²) in [5.74, 6) is 0.113. The van der Waals surface area contributed by atoms with Gasteiger partial charge in [-0.05, 0) is 57.4 Å². The number of benzene rings is 2. The summed E-state index contributed by atoms with van der Waals surface area (Å²) >= 11 is 0. The summed E-state index contributed by atoms with van der Waals surface area (Å²) in [5.41, 5.74) is 4.62. The van der Waals surface area contributed by atoms with Crippen LogP contribution in [0.15, 0.2) is 48.5 Å². The zero-order valence-electron chi connectivity index (χ0n) is 16.9. The molecule has 2 rings (SSSR count). The zero-order chi connectivity index (χ0) is 19.3. The minimum absolute atomic E-state index is 0.113. The Morgan fingerprint density at radius 3 is 2.08 bits per heavy atom. The molecule has 0 saturated heterocycles. The lowest BCUT2D eigenvalue weighted by molar-refractivity contribution is -0.135. The van der Waals surface area contributed by atoms with Gasteiger partial charge in [-0.3, -0.25) is 9.69 Å². The molecular formula is C22H31N3O. The van der Waals surface area contributed by atoms with Crippen LogP contribution in [0.3, 0.4) is 0 Å². The molecule has 26 heavy (non-hydrogen) atoms. The molecule has 140 valence electrons. The van der Waals surface area contributed by atoms with Gasteiger partial charge in [-0.15, -0.1) is 0 Å². The number of carbonyl (C=O) groups is 1. The summed E-state index contributed by atoms with van der Waals surface area (Å²) < 4.78 is 0. The Labute approximate surface area is 158 Å². The molecule has 0 aromatic heterocycles. The van der Waals surface area contributed by atoms with Crippen LogP contribution in [0, 0.1) is 6.92 Å². The monoisotopic (exact) mass is 353 g/mol. The predicted octanol–water partition coefficient (Wildman–Crippen LogP) is 3.32. The molecule has 1 amide bonds. The minimum atomic E-state index is -0.272. The highest BCUT2D eigenvalue weighted by atomic mass is 16.2. The summed E-state index contributed by atoms with van der Waals surface area (Å²) in [7, 11) is 9.93. The summed E-state index contributed by atoms with van der Waals surface area (Å²) in [6.45, 7) is 3.56. The lowest BCUT2D eigenvalue weighted by Crippen LogP contribution is -2.38. The van der Waals surface area contributed by atoms with Crippen LogP contribution < -0.4 is 0 Å². The second kappa shape index (κ2) is 8.97. The molecule has 0 fully saturated rings. The molecule has 4 nitrogen and oxygen atoms in total. The van der Waals surface area contributed by atoms with E-state index in [4.69, 9.17) is 0 Å². The number of nitrogens with zero attached hydrogens (tertiary/aromatic N) is 3. The van der Waals surface area contributed by atoms with Crippen LogP contribution in [0.2, 0.25) is 0 Å². The van der Waals surface area contributed by atoms with Gasteiger partial charge >= 0.3 is 0 Å². The van der Waals surface area contributed by atoms with E-state index in [-0.39, 0.29) is 11.9 Å². The zero-order valence-corrected chi connectivity index (χ0v) is 16.9. The Morgan fingerprint density at radius 1 is 0.885 bits per heavy atom. The van der Waals surface area contributed by atoms with Gasteiger partial charge in [0.15, 0.2) is 0 Å². The van der Waals surface area contributed by atoms with E-state index in [9.17, 15) is 4.79 Å². The minimum Gasteiger partial charge on any atom is -0.340 e. The average molecular weight is 354 g/mol. The summed E-state index contributed by atoms with van der Waals surface area (Å²) in [6, 6.07) is 16.3. The first kappa shape index (κ1) is 20.1. The van der Waals surface area contributed by atoms with Crippen molar-refractivity contribution in [3.05, 3.63) is 70.8 Å². The van der Waals surface area contributed by atoms with E-state index in [1.54, 1.807) is 0 Å². The highest BCUT2D eigenvalue weighted by molar-refractivity contribution is 5.83. The van der Waals surface area contributed by atoms with Crippen LogP contribution in [0.4, 0.5) is 0 Å². The third-order valence-corrected chi connectivity index (χ3v) is 4.52. The van der Waals surface area contributed by atoms with Gasteiger partial charge < -0.3 is 9.80 Å². The first-order chi connectivity index (χ1) is 12.3. The average Bonchev–Trinajstić information content (AvgIpc) is 2.56. The first-order valence-corrected chi connectivity index (χ1v) is 8.99. The molecule has 1 atom stereocenters. The maximum atomic E-state index is 13.2. The highest BCUT2D eigenvalue weighted by Gasteiger charge is 2.27. The molecule has 0 saturated carbocycles. The highest BCUT2D eigenvalue weighted by Crippen LogP contribution is 2.24. The van der Waals surface area contributed by atoms with E-state index in [1.165, 1.54) is 5.56 Å². The van der Waals surface area contributed by atoms with Crippen molar-refractivity contribution in [2.45, 2.75) is 26.1 Å². The fourth-order valence-corrected chi connectivity index (χ4v) is 3.28. The second-order valence-electron chi connectivity index (χ2n) is 7.47. The number of hydrogen-bond acceptors (Lipinski definition) is 3. The molecule has 0 aliphatic rings. The number of hydrogen-bond donors (Lipinski definition) is 0. The van der Waals surface area contributed by atoms with E-state index in [1.807, 2.05) is 49.1 Å². The lowest BCUT2D eigenvalue weighted by atomic mass is 9.99. The van der Waals surface area contributed by atoms with Crippen molar-refractivity contribution in [2.24, 2.45) is 0 Å². The number of amides is 1. The lowest BCUT2D eigenvalue weighted by Gasteiger charge is -2.29. The third-order valence-electron chi connectivity index (χ3n) is 4.52. The largest absolute Gasteiger partial charge is 0.340 e. The van der Waals surface area contributed by atoms with Crippen molar-refractivity contribution in [1.29, 1.82) is 0 Å². The topological polar surface area (TPSA) is 26.8 Å². The molecule has 0 aliphatic carbocycles. The van der Waals surface area contributed by atoms with E-state index in [2.05, 4.69) is 56.3 Å². The summed E-state index contributed by atoms with van der Waals surface area (Å²) in [6.07, 6.45) is 0. The van der Waals surface area contributed by atoms with Gasteiger partial charge in [-0.2, -0.15) is 0 Å². The van der Waals surface area contributed by atoms with Crippen LogP contribution in [0.5, 0.6) is 0 Å². The van der Waals surface area contributed by atoms with E-state index in [0.29, 0.717) is 6.54 Å². The Balaban J connectivity index is 2.18. The van der Waals surface area contributed by atoms with Crippen molar-refractivity contribution in [3.8, 4) is 0 Å². The normalized spacial score (nSPS) is 12.5. The van der Waals surface area contributed by atoms with Gasteiger partial charge in [0.2, 0.25) is 5.91 Å². The van der Waals surface area contributed by atoms with Crippen LogP contribution in [0.25, 0.3) is 0 Å². The molecule has 0 N–H and O–H groups in total. The van der Waals surface area contributed by atoms with E-state index >= 15 is 0 Å². The quantitative estimate of drug-likeness (QED) is 0.764. The molecule has 0 spiro atoms. The van der Waals surface area contributed by atoms with Crippen molar-refractivity contribution in [3.63, 3.8) is 0 Å². The second-order valence-corrected chi connectivity index (χ2v) is 7.47. The molecule has 0 aliphatic heterocycles. The van der Waals surface area contributed by atoms with E-state index in [0.717, 1.165) is 23.2 Å². The smallest absolute Gasteiger partial charge is 0.244 e. The molecule has 0 heterocycles. The van der Waals surface area contributed by atoms with Crippen molar-refractivity contribution < 1.29 is 4.79 Å². The maximum Gasteiger partial charge on any atom is 0.244 e. The molecular weight excluding hydrogens is 322 g/mol. The SMILES string of the molecule is Cc1ccccc1[C@H](C(=O)N(C)Cc1cccc(CN(C)C)c1)N(C)C. The summed E-state index contributed by atoms with van der Waals surface area (Å²) in [5, 5.41) is 0. The van der Waals surface area contributed by atoms with Gasteiger partial charge in [0.05, 0.1) is 0 Å². The Hall–Kier alpha value is -2.17. The molecule has 0 unspecified atom stereocenters. The Morgan fingerprint density at radius 2 is 1.50 bits per heavy atom. The van der Waals surface area contributed by atoms with Crippen LogP contribution in [-0.2, 0) is 17.9 Å². The van der Waals surface area contributed by atoms with Gasteiger partial charge in [0, 0.05) is 20.1 Å². The number of rotatable bonds is 7. The summed E-state index contributed by atoms with van der Waals surface area (Å²) in [4.78, 5) is 19.1. The molecule has 0 bridgehead atoms. The molecule has 2 aromatic carbocycles. The van der Waals surface area contributed by atoms with Crippen molar-refractivity contribution in [2.75, 3.05) is 35.2 Å². The Kier molecular flexibility index (Phi) is 6.95.